The quantitative estimate of drug-likeness (QED) is 0.375. The van der Waals surface area contributed by atoms with E-state index >= 15 is 0 Å². The first-order valence-electron chi connectivity index (χ1n) is 8.36. The van der Waals surface area contributed by atoms with Crippen LogP contribution in [0, 0.1) is 10.1 Å². The third-order valence-electron chi connectivity index (χ3n) is 3.97. The third kappa shape index (κ3) is 5.42. The number of hydrogen-bond acceptors (Lipinski definition) is 5. The minimum absolute atomic E-state index is 0.0837. The Hall–Kier alpha value is -2.79. The number of benzene rings is 2. The topological polar surface area (TPSA) is 98.5 Å². The van der Waals surface area contributed by atoms with Gasteiger partial charge in [0.15, 0.2) is 0 Å². The highest BCUT2D eigenvalue weighted by atomic mass is 35.5. The molecular formula is C18H16ClF3N2O5S. The van der Waals surface area contributed by atoms with Gasteiger partial charge in [-0.05, 0) is 36.6 Å². The highest BCUT2D eigenvalue weighted by Crippen LogP contribution is 2.37. The van der Waals surface area contributed by atoms with Gasteiger partial charge in [0, 0.05) is 17.9 Å². The molecular weight excluding hydrogens is 449 g/mol. The zero-order chi connectivity index (χ0) is 22.7. The molecule has 2 rings (SSSR count). The fourth-order valence-corrected chi connectivity index (χ4v) is 3.55. The average molecular weight is 465 g/mol. The van der Waals surface area contributed by atoms with Crippen LogP contribution < -0.4 is 9.46 Å². The van der Waals surface area contributed by atoms with E-state index < -0.39 is 43.5 Å². The summed E-state index contributed by atoms with van der Waals surface area (Å²) >= 11 is 5.84. The van der Waals surface area contributed by atoms with E-state index in [1.807, 2.05) is 0 Å². The standard InChI is InChI=1S/C18H16ClF3N2O5S/c1-3-30(28,4-2)23-17(25)13-10-12(6-7-15(13)24(26)27)29-16-8-5-11(9-14(16)19)18(20,21)22/h3,5-10H,4H2,1-2H3,(H,23,25,28). The monoisotopic (exact) mass is 464 g/mol. The van der Waals surface area contributed by atoms with E-state index in [1.54, 1.807) is 6.92 Å². The van der Waals surface area contributed by atoms with Crippen LogP contribution in [0.25, 0.3) is 0 Å². The molecule has 0 spiro atoms. The maximum absolute atomic E-state index is 12.7. The zero-order valence-electron chi connectivity index (χ0n) is 15.7. The second-order valence-corrected chi connectivity index (χ2v) is 8.98. The normalized spacial score (nSPS) is 13.3. The second-order valence-electron chi connectivity index (χ2n) is 5.86. The summed E-state index contributed by atoms with van der Waals surface area (Å²) in [6, 6.07) is 5.59. The van der Waals surface area contributed by atoms with Crippen molar-refractivity contribution in [3.05, 3.63) is 62.7 Å². The number of nitro benzene ring substituents is 1. The van der Waals surface area contributed by atoms with Crippen LogP contribution in [0.1, 0.15) is 29.8 Å². The van der Waals surface area contributed by atoms with Crippen LogP contribution in [0.15, 0.2) is 36.4 Å². The number of carbonyl (C=O) groups excluding carboxylic acids is 1. The van der Waals surface area contributed by atoms with Crippen molar-refractivity contribution < 1.29 is 31.8 Å². The maximum Gasteiger partial charge on any atom is 0.416 e. The van der Waals surface area contributed by atoms with Crippen LogP contribution in [0.4, 0.5) is 18.9 Å². The van der Waals surface area contributed by atoms with Gasteiger partial charge in [-0.1, -0.05) is 18.5 Å². The predicted molar refractivity (Wildman–Crippen MR) is 108 cm³/mol. The summed E-state index contributed by atoms with van der Waals surface area (Å²) < 4.78 is 58.3. The van der Waals surface area contributed by atoms with Gasteiger partial charge in [0.25, 0.3) is 11.6 Å². The Morgan fingerprint density at radius 1 is 1.30 bits per heavy atom. The van der Waals surface area contributed by atoms with Gasteiger partial charge >= 0.3 is 6.18 Å². The first-order chi connectivity index (χ1) is 13.9. The summed E-state index contributed by atoms with van der Waals surface area (Å²) in [5.41, 5.74) is -1.97. The van der Waals surface area contributed by atoms with Crippen molar-refractivity contribution in [3.63, 3.8) is 0 Å². The summed E-state index contributed by atoms with van der Waals surface area (Å²) in [7, 11) is -2.87. The van der Waals surface area contributed by atoms with E-state index in [2.05, 4.69) is 4.72 Å². The van der Waals surface area contributed by atoms with Crippen molar-refractivity contribution in [3.8, 4) is 11.5 Å². The molecule has 2 aromatic rings. The third-order valence-corrected chi connectivity index (χ3v) is 6.42. The molecule has 0 saturated heterocycles. The summed E-state index contributed by atoms with van der Waals surface area (Å²) in [6.07, 6.45) is -4.59. The lowest BCUT2D eigenvalue weighted by Gasteiger charge is -2.13. The van der Waals surface area contributed by atoms with Gasteiger partial charge in [-0.2, -0.15) is 13.2 Å². The van der Waals surface area contributed by atoms with Crippen LogP contribution in [-0.4, -0.2) is 26.2 Å². The van der Waals surface area contributed by atoms with Crippen LogP contribution in [0.2, 0.25) is 5.02 Å². The van der Waals surface area contributed by atoms with Crippen LogP contribution >= 0.6 is 11.6 Å². The number of amides is 1. The summed E-state index contributed by atoms with van der Waals surface area (Å²) in [5, 5.41) is 12.2. The van der Waals surface area contributed by atoms with E-state index in [1.165, 1.54) is 12.3 Å². The molecule has 30 heavy (non-hydrogen) atoms. The lowest BCUT2D eigenvalue weighted by molar-refractivity contribution is -0.385. The molecule has 2 aromatic carbocycles. The SMILES string of the molecule is CC=S(=O)(CC)NC(=O)c1cc(Oc2ccc(C(F)(F)F)cc2Cl)ccc1[N+](=O)[O-]. The first-order valence-corrected chi connectivity index (χ1v) is 10.5. The lowest BCUT2D eigenvalue weighted by atomic mass is 10.1. The molecule has 1 unspecified atom stereocenters. The number of nitrogens with zero attached hydrogens (tertiary/aromatic N) is 1. The maximum atomic E-state index is 12.7. The van der Waals surface area contributed by atoms with Gasteiger partial charge in [-0.25, -0.2) is 4.21 Å². The van der Waals surface area contributed by atoms with Crippen LogP contribution in [-0.2, 0) is 15.9 Å². The largest absolute Gasteiger partial charge is 0.456 e. The van der Waals surface area contributed by atoms with Gasteiger partial charge in [0.2, 0.25) is 0 Å². The van der Waals surface area contributed by atoms with Crippen molar-refractivity contribution in [2.24, 2.45) is 0 Å². The Bertz CT molecular complexity index is 1110. The molecule has 7 nitrogen and oxygen atoms in total. The molecule has 0 aliphatic rings. The van der Waals surface area contributed by atoms with Gasteiger partial charge in [0.05, 0.1) is 25.2 Å². The van der Waals surface area contributed by atoms with E-state index in [9.17, 15) is 32.3 Å². The Morgan fingerprint density at radius 2 is 1.97 bits per heavy atom. The molecule has 0 heterocycles. The van der Waals surface area contributed by atoms with Gasteiger partial charge in [-0.3, -0.25) is 19.6 Å². The smallest absolute Gasteiger partial charge is 0.416 e. The van der Waals surface area contributed by atoms with E-state index in [4.69, 9.17) is 16.3 Å². The molecule has 0 fully saturated rings. The Balaban J connectivity index is 2.42. The van der Waals surface area contributed by atoms with Crippen molar-refractivity contribution in [2.75, 3.05) is 5.75 Å². The number of ether oxygens (including phenoxy) is 1. The fraction of sp³-hybridized carbons (Fsp3) is 0.222. The second kappa shape index (κ2) is 8.92. The molecule has 0 saturated carbocycles. The van der Waals surface area contributed by atoms with Crippen molar-refractivity contribution in [1.82, 2.24) is 4.72 Å². The van der Waals surface area contributed by atoms with Gasteiger partial charge in [-0.15, -0.1) is 0 Å². The number of nitro groups is 1. The minimum Gasteiger partial charge on any atom is -0.456 e. The Morgan fingerprint density at radius 3 is 2.47 bits per heavy atom. The molecule has 162 valence electrons. The molecule has 1 amide bonds. The van der Waals surface area contributed by atoms with Crippen molar-refractivity contribution in [1.29, 1.82) is 0 Å². The molecule has 0 aliphatic carbocycles. The van der Waals surface area contributed by atoms with Crippen LogP contribution in [0.5, 0.6) is 11.5 Å². The predicted octanol–water partition coefficient (Wildman–Crippen LogP) is 4.83. The molecule has 0 aromatic heterocycles. The van der Waals surface area contributed by atoms with E-state index in [-0.39, 0.29) is 22.3 Å². The average Bonchev–Trinajstić information content (AvgIpc) is 2.68. The Kier molecular flexibility index (Phi) is 6.99. The summed E-state index contributed by atoms with van der Waals surface area (Å²) in [6.45, 7) is 3.05. The number of carbonyl (C=O) groups is 1. The number of hydrogen-bond donors (Lipinski definition) is 1. The summed E-state index contributed by atoms with van der Waals surface area (Å²) in [5.74, 6) is -1.11. The van der Waals surface area contributed by atoms with Gasteiger partial charge < -0.3 is 4.74 Å². The molecule has 12 heteroatoms. The van der Waals surface area contributed by atoms with Crippen molar-refractivity contribution in [2.45, 2.75) is 20.0 Å². The number of halogens is 4. The number of nitrogens with one attached hydrogen (secondary N) is 1. The van der Waals surface area contributed by atoms with Gasteiger partial charge in [0.1, 0.15) is 17.1 Å². The number of rotatable bonds is 6. The highest BCUT2D eigenvalue weighted by molar-refractivity contribution is 7.99. The number of alkyl halides is 3. The van der Waals surface area contributed by atoms with E-state index in [0.29, 0.717) is 6.07 Å². The lowest BCUT2D eigenvalue weighted by Crippen LogP contribution is -2.33. The first kappa shape index (κ1) is 23.5. The highest BCUT2D eigenvalue weighted by Gasteiger charge is 2.31. The zero-order valence-corrected chi connectivity index (χ0v) is 17.2. The summed E-state index contributed by atoms with van der Waals surface area (Å²) in [4.78, 5) is 23.0. The molecule has 0 radical (unpaired) electrons. The Labute approximate surface area is 175 Å². The molecule has 0 bridgehead atoms. The minimum atomic E-state index is -4.59. The van der Waals surface area contributed by atoms with E-state index in [0.717, 1.165) is 30.3 Å². The fourth-order valence-electron chi connectivity index (χ4n) is 2.32. The molecule has 0 aliphatic heterocycles. The molecule has 1 atom stereocenters. The van der Waals surface area contributed by atoms with Crippen LogP contribution in [0.3, 0.4) is 0 Å². The molecule has 1 N–H and O–H groups in total. The van der Waals surface area contributed by atoms with Crippen molar-refractivity contribution >= 4 is 38.3 Å².